The molecule has 0 saturated carbocycles. The summed E-state index contributed by atoms with van der Waals surface area (Å²) in [6.45, 7) is 0.833. The average molecular weight is 369 g/mol. The third-order valence-electron chi connectivity index (χ3n) is 4.20. The number of nitro benzene ring substituents is 2. The Morgan fingerprint density at radius 2 is 1.67 bits per heavy atom. The monoisotopic (exact) mass is 369 g/mol. The number of nitro groups is 2. The molecular formula is C17H11N3O7. The zero-order valence-electron chi connectivity index (χ0n) is 13.9. The first-order valence-corrected chi connectivity index (χ1v) is 7.64. The van der Waals surface area contributed by atoms with Crippen molar-refractivity contribution < 1.29 is 24.2 Å². The fourth-order valence-electron chi connectivity index (χ4n) is 2.83. The van der Waals surface area contributed by atoms with Crippen molar-refractivity contribution in [3.05, 3.63) is 78.9 Å². The number of hydrogen-bond acceptors (Lipinski definition) is 7. The van der Waals surface area contributed by atoms with Gasteiger partial charge in [0.25, 0.3) is 23.2 Å². The molecule has 0 N–H and O–H groups in total. The fourth-order valence-corrected chi connectivity index (χ4v) is 2.83. The van der Waals surface area contributed by atoms with E-state index in [1.54, 1.807) is 0 Å². The molecule has 10 nitrogen and oxygen atoms in total. The van der Waals surface area contributed by atoms with Crippen molar-refractivity contribution >= 4 is 29.0 Å². The second-order valence-corrected chi connectivity index (χ2v) is 5.83. The minimum absolute atomic E-state index is 0.0432. The van der Waals surface area contributed by atoms with Gasteiger partial charge >= 0.3 is 0 Å². The minimum atomic E-state index is -0.947. The van der Waals surface area contributed by atoms with Crippen LogP contribution in [0.2, 0.25) is 0 Å². The molecule has 0 saturated heterocycles. The Morgan fingerprint density at radius 1 is 1.00 bits per heavy atom. The van der Waals surface area contributed by atoms with Gasteiger partial charge in [0.1, 0.15) is 5.56 Å². The number of carbonyl (C=O) groups excluding carboxylic acids is 3. The Labute approximate surface area is 151 Å². The van der Waals surface area contributed by atoms with Gasteiger partial charge in [0.05, 0.1) is 22.0 Å². The van der Waals surface area contributed by atoms with Gasteiger partial charge in [-0.25, -0.2) is 0 Å². The quantitative estimate of drug-likeness (QED) is 0.341. The highest BCUT2D eigenvalue weighted by molar-refractivity contribution is 6.24. The lowest BCUT2D eigenvalue weighted by Gasteiger charge is -2.12. The van der Waals surface area contributed by atoms with Crippen LogP contribution in [0.3, 0.4) is 0 Å². The lowest BCUT2D eigenvalue weighted by Crippen LogP contribution is -2.35. The number of nitrogens with zero attached hydrogens (tertiary/aromatic N) is 3. The van der Waals surface area contributed by atoms with E-state index in [2.05, 4.69) is 0 Å². The average Bonchev–Trinajstić information content (AvgIpc) is 2.86. The molecule has 0 atom stereocenters. The van der Waals surface area contributed by atoms with E-state index in [4.69, 9.17) is 0 Å². The van der Waals surface area contributed by atoms with Crippen LogP contribution in [0.25, 0.3) is 0 Å². The van der Waals surface area contributed by atoms with Crippen molar-refractivity contribution in [2.75, 3.05) is 6.54 Å². The molecule has 0 radical (unpaired) electrons. The van der Waals surface area contributed by atoms with Gasteiger partial charge in [0.15, 0.2) is 5.78 Å². The Bertz CT molecular complexity index is 1040. The summed E-state index contributed by atoms with van der Waals surface area (Å²) in [4.78, 5) is 58.6. The van der Waals surface area contributed by atoms with Crippen molar-refractivity contribution in [3.63, 3.8) is 0 Å². The van der Waals surface area contributed by atoms with E-state index in [1.165, 1.54) is 31.2 Å². The van der Waals surface area contributed by atoms with Gasteiger partial charge in [-0.3, -0.25) is 39.5 Å². The van der Waals surface area contributed by atoms with Crippen LogP contribution in [0.4, 0.5) is 11.4 Å². The van der Waals surface area contributed by atoms with E-state index in [1.807, 2.05) is 0 Å². The summed E-state index contributed by atoms with van der Waals surface area (Å²) in [6.07, 6.45) is 0. The predicted molar refractivity (Wildman–Crippen MR) is 90.6 cm³/mol. The number of fused-ring (bicyclic) bond motifs is 1. The summed E-state index contributed by atoms with van der Waals surface area (Å²) in [5, 5.41) is 22.1. The highest BCUT2D eigenvalue weighted by Crippen LogP contribution is 2.31. The van der Waals surface area contributed by atoms with Crippen molar-refractivity contribution in [2.45, 2.75) is 6.92 Å². The van der Waals surface area contributed by atoms with E-state index < -0.39 is 39.7 Å². The van der Waals surface area contributed by atoms with Crippen molar-refractivity contribution in [1.82, 2.24) is 4.90 Å². The number of ketones is 1. The number of rotatable bonds is 5. The normalized spacial score (nSPS) is 12.9. The maximum atomic E-state index is 12.5. The van der Waals surface area contributed by atoms with Crippen LogP contribution < -0.4 is 0 Å². The number of hydrogen-bond donors (Lipinski definition) is 0. The van der Waals surface area contributed by atoms with E-state index in [0.29, 0.717) is 10.5 Å². The summed E-state index contributed by atoms with van der Waals surface area (Å²) < 4.78 is 0. The molecule has 0 aliphatic carbocycles. The highest BCUT2D eigenvalue weighted by atomic mass is 16.6. The van der Waals surface area contributed by atoms with Crippen LogP contribution in [0.5, 0.6) is 0 Å². The molecule has 2 aromatic carbocycles. The largest absolute Gasteiger partial charge is 0.292 e. The maximum absolute atomic E-state index is 12.5. The number of amides is 2. The molecule has 27 heavy (non-hydrogen) atoms. The topological polar surface area (TPSA) is 141 Å². The molecule has 0 aromatic heterocycles. The Kier molecular flexibility index (Phi) is 4.24. The third-order valence-corrected chi connectivity index (χ3v) is 4.20. The van der Waals surface area contributed by atoms with Crippen LogP contribution >= 0.6 is 0 Å². The van der Waals surface area contributed by atoms with Crippen molar-refractivity contribution in [3.8, 4) is 0 Å². The maximum Gasteiger partial charge on any atom is 0.282 e. The van der Waals surface area contributed by atoms with Gasteiger partial charge in [-0.05, 0) is 13.0 Å². The van der Waals surface area contributed by atoms with Gasteiger partial charge in [-0.15, -0.1) is 0 Å². The van der Waals surface area contributed by atoms with Crippen LogP contribution in [0.15, 0.2) is 36.4 Å². The molecular weight excluding hydrogens is 358 g/mol. The molecule has 1 aliphatic heterocycles. The molecule has 0 bridgehead atoms. The zero-order valence-corrected chi connectivity index (χ0v) is 13.9. The van der Waals surface area contributed by atoms with Crippen molar-refractivity contribution in [2.24, 2.45) is 0 Å². The first-order chi connectivity index (χ1) is 12.7. The SMILES string of the molecule is Cc1ccc(C(=O)CN2C(=O)c3cccc([N+](=O)[O-])c3C2=O)cc1[N+](=O)[O-]. The third kappa shape index (κ3) is 2.92. The first kappa shape index (κ1) is 17.9. The number of Topliss-reactive ketones (excluding diaryl/α,β-unsaturated/α-hetero) is 1. The molecule has 1 heterocycles. The van der Waals surface area contributed by atoms with Gasteiger partial charge in [0, 0.05) is 23.3 Å². The summed E-state index contributed by atoms with van der Waals surface area (Å²) in [6, 6.07) is 7.45. The molecule has 136 valence electrons. The van der Waals surface area contributed by atoms with E-state index in [-0.39, 0.29) is 22.4 Å². The van der Waals surface area contributed by atoms with E-state index >= 15 is 0 Å². The number of aryl methyl sites for hydroxylation is 1. The number of benzene rings is 2. The predicted octanol–water partition coefficient (Wildman–Crippen LogP) is 2.29. The molecule has 1 aliphatic rings. The Balaban J connectivity index is 1.92. The number of carbonyl (C=O) groups is 3. The summed E-state index contributed by atoms with van der Waals surface area (Å²) in [5.41, 5.74) is -0.996. The minimum Gasteiger partial charge on any atom is -0.292 e. The Morgan fingerprint density at radius 3 is 2.30 bits per heavy atom. The van der Waals surface area contributed by atoms with Crippen LogP contribution in [0.1, 0.15) is 36.6 Å². The summed E-state index contributed by atoms with van der Waals surface area (Å²) in [7, 11) is 0. The van der Waals surface area contributed by atoms with E-state index in [0.717, 1.165) is 12.1 Å². The molecule has 2 aromatic rings. The Hall–Kier alpha value is -3.95. The second kappa shape index (κ2) is 6.41. The molecule has 3 rings (SSSR count). The summed E-state index contributed by atoms with van der Waals surface area (Å²) in [5.74, 6) is -2.47. The van der Waals surface area contributed by atoms with Gasteiger partial charge in [0.2, 0.25) is 0 Å². The molecule has 10 heteroatoms. The molecule has 2 amide bonds. The van der Waals surface area contributed by atoms with Gasteiger partial charge in [-0.2, -0.15) is 0 Å². The molecule has 0 spiro atoms. The summed E-state index contributed by atoms with van der Waals surface area (Å²) >= 11 is 0. The lowest BCUT2D eigenvalue weighted by molar-refractivity contribution is -0.385. The number of imide groups is 1. The van der Waals surface area contributed by atoms with Crippen LogP contribution in [0, 0.1) is 27.2 Å². The smallest absolute Gasteiger partial charge is 0.282 e. The standard InChI is InChI=1S/C17H11N3O7/c1-9-5-6-10(7-13(9)20(26)27)14(21)8-18-16(22)11-3-2-4-12(19(24)25)15(11)17(18)23/h2-7H,8H2,1H3. The van der Waals surface area contributed by atoms with Crippen LogP contribution in [-0.2, 0) is 0 Å². The second-order valence-electron chi connectivity index (χ2n) is 5.83. The van der Waals surface area contributed by atoms with Gasteiger partial charge < -0.3 is 0 Å². The van der Waals surface area contributed by atoms with Gasteiger partial charge in [-0.1, -0.05) is 18.2 Å². The van der Waals surface area contributed by atoms with Crippen molar-refractivity contribution in [1.29, 1.82) is 0 Å². The lowest BCUT2D eigenvalue weighted by atomic mass is 10.1. The zero-order chi connectivity index (χ0) is 19.9. The molecule has 0 fully saturated rings. The first-order valence-electron chi connectivity index (χ1n) is 7.64. The van der Waals surface area contributed by atoms with Crippen LogP contribution in [-0.4, -0.2) is 38.9 Å². The molecule has 0 unspecified atom stereocenters. The highest BCUT2D eigenvalue weighted by Gasteiger charge is 2.41. The fraction of sp³-hybridized carbons (Fsp3) is 0.118. The van der Waals surface area contributed by atoms with E-state index in [9.17, 15) is 34.6 Å².